The zero-order valence-corrected chi connectivity index (χ0v) is 16.7. The third-order valence-electron chi connectivity index (χ3n) is 4.65. The van der Waals surface area contributed by atoms with Crippen LogP contribution in [0.2, 0.25) is 0 Å². The summed E-state index contributed by atoms with van der Waals surface area (Å²) < 4.78 is 11.2. The summed E-state index contributed by atoms with van der Waals surface area (Å²) in [6, 6.07) is 11.1. The minimum atomic E-state index is -0.265. The van der Waals surface area contributed by atoms with Crippen molar-refractivity contribution >= 4 is 23.2 Å². The Labute approximate surface area is 165 Å². The molecule has 1 aliphatic heterocycles. The molecule has 0 bridgehead atoms. The van der Waals surface area contributed by atoms with Gasteiger partial charge < -0.3 is 19.7 Å². The van der Waals surface area contributed by atoms with Crippen molar-refractivity contribution < 1.29 is 19.1 Å². The molecule has 0 fully saturated rings. The molecule has 148 valence electrons. The molecule has 0 unspecified atom stereocenters. The van der Waals surface area contributed by atoms with Crippen LogP contribution in [0, 0.1) is 19.8 Å². The zero-order valence-electron chi connectivity index (χ0n) is 16.7. The third-order valence-corrected chi connectivity index (χ3v) is 4.65. The minimum absolute atomic E-state index is 0.0368. The van der Waals surface area contributed by atoms with Gasteiger partial charge in [0.1, 0.15) is 11.5 Å². The molecule has 0 radical (unpaired) electrons. The molecule has 6 heteroatoms. The van der Waals surface area contributed by atoms with Crippen molar-refractivity contribution in [1.29, 1.82) is 0 Å². The maximum absolute atomic E-state index is 12.3. The molecule has 0 saturated heterocycles. The van der Waals surface area contributed by atoms with Crippen LogP contribution in [-0.4, -0.2) is 31.6 Å². The highest BCUT2D eigenvalue weighted by atomic mass is 16.5. The molecule has 28 heavy (non-hydrogen) atoms. The maximum Gasteiger partial charge on any atom is 0.265 e. The lowest BCUT2D eigenvalue weighted by Crippen LogP contribution is -2.41. The molecule has 1 N–H and O–H groups in total. The highest BCUT2D eigenvalue weighted by molar-refractivity contribution is 5.99. The number of nitrogens with zero attached hydrogens (tertiary/aromatic N) is 1. The predicted molar refractivity (Wildman–Crippen MR) is 109 cm³/mol. The lowest BCUT2D eigenvalue weighted by Gasteiger charge is -2.31. The van der Waals surface area contributed by atoms with Crippen LogP contribution in [0.1, 0.15) is 25.0 Å². The number of benzene rings is 2. The normalized spacial score (nSPS) is 13.2. The molecule has 0 saturated carbocycles. The van der Waals surface area contributed by atoms with Crippen molar-refractivity contribution in [2.75, 3.05) is 30.0 Å². The minimum Gasteiger partial charge on any atom is -0.483 e. The summed E-state index contributed by atoms with van der Waals surface area (Å²) in [7, 11) is 0. The summed E-state index contributed by atoms with van der Waals surface area (Å²) in [6.45, 7) is 8.62. The number of rotatable bonds is 6. The quantitative estimate of drug-likeness (QED) is 0.827. The highest BCUT2D eigenvalue weighted by Crippen LogP contribution is 2.35. The van der Waals surface area contributed by atoms with Crippen molar-refractivity contribution in [3.8, 4) is 11.5 Å². The van der Waals surface area contributed by atoms with Gasteiger partial charge in [0, 0.05) is 12.2 Å². The first-order valence-corrected chi connectivity index (χ1v) is 9.41. The number of carbonyl (C=O) groups is 2. The van der Waals surface area contributed by atoms with Crippen LogP contribution in [-0.2, 0) is 9.59 Å². The van der Waals surface area contributed by atoms with Gasteiger partial charge >= 0.3 is 0 Å². The Balaban J connectivity index is 1.69. The number of nitrogens with one attached hydrogen (secondary N) is 1. The smallest absolute Gasteiger partial charge is 0.265 e. The molecule has 6 nitrogen and oxygen atoms in total. The number of aryl methyl sites for hydroxylation is 1. The van der Waals surface area contributed by atoms with Gasteiger partial charge in [-0.2, -0.15) is 0 Å². The Bertz CT molecular complexity index is 892. The fourth-order valence-corrected chi connectivity index (χ4v) is 3.07. The Morgan fingerprint density at radius 3 is 2.79 bits per heavy atom. The van der Waals surface area contributed by atoms with E-state index in [2.05, 4.69) is 19.2 Å². The van der Waals surface area contributed by atoms with Gasteiger partial charge in [-0.25, -0.2) is 0 Å². The van der Waals surface area contributed by atoms with Crippen molar-refractivity contribution in [3.05, 3.63) is 47.5 Å². The van der Waals surface area contributed by atoms with Gasteiger partial charge in [-0.1, -0.05) is 26.0 Å². The van der Waals surface area contributed by atoms with E-state index in [0.717, 1.165) is 11.1 Å². The molecule has 3 rings (SSSR count). The largest absolute Gasteiger partial charge is 0.483 e. The second-order valence-corrected chi connectivity index (χ2v) is 7.40. The van der Waals surface area contributed by atoms with E-state index in [0.29, 0.717) is 35.3 Å². The summed E-state index contributed by atoms with van der Waals surface area (Å²) in [4.78, 5) is 26.3. The predicted octanol–water partition coefficient (Wildman–Crippen LogP) is 3.70. The van der Waals surface area contributed by atoms with Gasteiger partial charge in [0.25, 0.3) is 11.8 Å². The summed E-state index contributed by atoms with van der Waals surface area (Å²) >= 11 is 0. The molecule has 0 atom stereocenters. The van der Waals surface area contributed by atoms with E-state index >= 15 is 0 Å². The second kappa shape index (κ2) is 8.33. The van der Waals surface area contributed by atoms with Crippen LogP contribution >= 0.6 is 0 Å². The second-order valence-electron chi connectivity index (χ2n) is 7.40. The highest BCUT2D eigenvalue weighted by Gasteiger charge is 2.26. The number of carbonyl (C=O) groups excluding carboxylic acids is 2. The van der Waals surface area contributed by atoms with Crippen LogP contribution in [0.15, 0.2) is 36.4 Å². The summed E-state index contributed by atoms with van der Waals surface area (Å²) in [5.41, 5.74) is 3.41. The lowest BCUT2D eigenvalue weighted by molar-refractivity contribution is -0.121. The lowest BCUT2D eigenvalue weighted by atomic mass is 10.1. The van der Waals surface area contributed by atoms with Crippen LogP contribution in [0.5, 0.6) is 11.5 Å². The Morgan fingerprint density at radius 1 is 1.25 bits per heavy atom. The van der Waals surface area contributed by atoms with E-state index in [4.69, 9.17) is 9.47 Å². The summed E-state index contributed by atoms with van der Waals surface area (Å²) in [6.07, 6.45) is 0. The van der Waals surface area contributed by atoms with Gasteiger partial charge in [-0.05, 0) is 55.2 Å². The average Bonchev–Trinajstić information content (AvgIpc) is 2.65. The molecule has 2 amide bonds. The first kappa shape index (κ1) is 19.7. The van der Waals surface area contributed by atoms with Gasteiger partial charge in [0.15, 0.2) is 13.2 Å². The average molecular weight is 382 g/mol. The van der Waals surface area contributed by atoms with Crippen molar-refractivity contribution in [1.82, 2.24) is 0 Å². The van der Waals surface area contributed by atoms with Crippen molar-refractivity contribution in [2.24, 2.45) is 5.92 Å². The SMILES string of the molecule is Cc1cccc(OCC(=O)Nc2ccc3c(c2)N(CC(C)C)C(=O)CO3)c1C. The number of anilines is 2. The van der Waals surface area contributed by atoms with Crippen molar-refractivity contribution in [3.63, 3.8) is 0 Å². The number of hydrogen-bond donors (Lipinski definition) is 1. The van der Waals surface area contributed by atoms with E-state index < -0.39 is 0 Å². The van der Waals surface area contributed by atoms with Gasteiger partial charge in [-0.15, -0.1) is 0 Å². The van der Waals surface area contributed by atoms with Crippen LogP contribution in [0.3, 0.4) is 0 Å². The van der Waals surface area contributed by atoms with E-state index in [1.54, 1.807) is 23.1 Å². The zero-order chi connectivity index (χ0) is 20.3. The summed E-state index contributed by atoms with van der Waals surface area (Å²) in [5, 5.41) is 2.83. The molecular formula is C22H26N2O4. The maximum atomic E-state index is 12.3. The van der Waals surface area contributed by atoms with Crippen LogP contribution in [0.4, 0.5) is 11.4 Å². The van der Waals surface area contributed by atoms with Gasteiger partial charge in [0.05, 0.1) is 5.69 Å². The number of amides is 2. The van der Waals surface area contributed by atoms with Crippen molar-refractivity contribution in [2.45, 2.75) is 27.7 Å². The molecule has 2 aromatic rings. The van der Waals surface area contributed by atoms with E-state index in [1.165, 1.54) is 0 Å². The first-order chi connectivity index (χ1) is 13.3. The Hall–Kier alpha value is -3.02. The van der Waals surface area contributed by atoms with E-state index in [9.17, 15) is 9.59 Å². The molecule has 1 aliphatic rings. The molecule has 0 aromatic heterocycles. The van der Waals surface area contributed by atoms with Crippen LogP contribution < -0.4 is 19.7 Å². The fraction of sp³-hybridized carbons (Fsp3) is 0.364. The van der Waals surface area contributed by atoms with Crippen LogP contribution in [0.25, 0.3) is 0 Å². The molecular weight excluding hydrogens is 356 g/mol. The fourth-order valence-electron chi connectivity index (χ4n) is 3.07. The van der Waals surface area contributed by atoms with Gasteiger partial charge in [0.2, 0.25) is 0 Å². The molecule has 0 spiro atoms. The number of fused-ring (bicyclic) bond motifs is 1. The standard InChI is InChI=1S/C22H26N2O4/c1-14(2)11-24-18-10-17(8-9-20(18)28-13-22(24)26)23-21(25)12-27-19-7-5-6-15(3)16(19)4/h5-10,14H,11-13H2,1-4H3,(H,23,25). The molecule has 0 aliphatic carbocycles. The topological polar surface area (TPSA) is 67.9 Å². The summed E-state index contributed by atoms with van der Waals surface area (Å²) in [5.74, 6) is 1.31. The van der Waals surface area contributed by atoms with E-state index in [-0.39, 0.29) is 25.0 Å². The van der Waals surface area contributed by atoms with E-state index in [1.807, 2.05) is 32.0 Å². The monoisotopic (exact) mass is 382 g/mol. The number of hydrogen-bond acceptors (Lipinski definition) is 4. The third kappa shape index (κ3) is 4.44. The molecule has 2 aromatic carbocycles. The number of ether oxygens (including phenoxy) is 2. The Morgan fingerprint density at radius 2 is 2.04 bits per heavy atom. The Kier molecular flexibility index (Phi) is 5.87. The molecule has 1 heterocycles. The van der Waals surface area contributed by atoms with Gasteiger partial charge in [-0.3, -0.25) is 9.59 Å². The first-order valence-electron chi connectivity index (χ1n) is 9.41.